The summed E-state index contributed by atoms with van der Waals surface area (Å²) >= 11 is 0. The summed E-state index contributed by atoms with van der Waals surface area (Å²) in [6.07, 6.45) is -3.30. The van der Waals surface area contributed by atoms with Crippen LogP contribution < -0.4 is 10.7 Å². The van der Waals surface area contributed by atoms with Crippen LogP contribution >= 0.6 is 12.4 Å². The first kappa shape index (κ1) is 21.0. The fourth-order valence-corrected chi connectivity index (χ4v) is 2.50. The lowest BCUT2D eigenvalue weighted by Crippen LogP contribution is -2.33. The van der Waals surface area contributed by atoms with Crippen LogP contribution in [0.4, 0.5) is 13.2 Å². The molecular formula is C16H12ClF3N4O4. The fraction of sp³-hybridized carbons (Fsp3) is 0.125. The number of aliphatic carboxylic acids is 1. The summed E-state index contributed by atoms with van der Waals surface area (Å²) in [5, 5.41) is 13.4. The van der Waals surface area contributed by atoms with Crippen molar-refractivity contribution in [2.24, 2.45) is 0 Å². The van der Waals surface area contributed by atoms with E-state index in [1.165, 1.54) is 23.0 Å². The van der Waals surface area contributed by atoms with Gasteiger partial charge in [0, 0.05) is 11.6 Å². The van der Waals surface area contributed by atoms with Crippen LogP contribution in [0.5, 0.6) is 0 Å². The van der Waals surface area contributed by atoms with Crippen molar-refractivity contribution in [3.8, 4) is 11.3 Å². The summed E-state index contributed by atoms with van der Waals surface area (Å²) in [5.74, 6) is -2.21. The van der Waals surface area contributed by atoms with Crippen LogP contribution in [0.2, 0.25) is 0 Å². The van der Waals surface area contributed by atoms with Gasteiger partial charge in [-0.2, -0.15) is 13.2 Å². The standard InChI is InChI=1S/C16H11F3N4O4.ClH/c17-16(18,19)9-3-1-8(2-4-9)10-5-11(24)13(14-21-7-22-23(10)14)15(27)20-6-12(25)26;/h1-5,7H,6H2,(H,20,27)(H,21,22)(H,25,26);1H. The SMILES string of the molecule is Cl.O=C(O)CNC(=O)c1c(=O)cc(-c2ccc(C(F)(F)F)cc2)n2[nH]cnc12. The molecule has 0 atom stereocenters. The third-order valence-electron chi connectivity index (χ3n) is 3.70. The number of aromatic amines is 1. The summed E-state index contributed by atoms with van der Waals surface area (Å²) < 4.78 is 39.4. The Labute approximate surface area is 160 Å². The summed E-state index contributed by atoms with van der Waals surface area (Å²) in [6, 6.07) is 5.18. The molecule has 3 aromatic rings. The van der Waals surface area contributed by atoms with Crippen molar-refractivity contribution in [3.63, 3.8) is 0 Å². The molecule has 0 aliphatic heterocycles. The molecule has 0 bridgehead atoms. The van der Waals surface area contributed by atoms with Crippen LogP contribution in [0.3, 0.4) is 0 Å². The van der Waals surface area contributed by atoms with Crippen LogP contribution in [0, 0.1) is 0 Å². The van der Waals surface area contributed by atoms with Crippen molar-refractivity contribution in [2.45, 2.75) is 6.18 Å². The van der Waals surface area contributed by atoms with E-state index in [1.807, 2.05) is 0 Å². The Hall–Kier alpha value is -3.34. The summed E-state index contributed by atoms with van der Waals surface area (Å²) in [6.45, 7) is -0.685. The van der Waals surface area contributed by atoms with Crippen molar-refractivity contribution in [1.29, 1.82) is 0 Å². The second-order valence-corrected chi connectivity index (χ2v) is 5.47. The molecule has 0 spiro atoms. The Bertz CT molecular complexity index is 1090. The molecule has 0 aliphatic rings. The third-order valence-corrected chi connectivity index (χ3v) is 3.70. The van der Waals surface area contributed by atoms with E-state index in [0.29, 0.717) is 0 Å². The predicted molar refractivity (Wildman–Crippen MR) is 93.5 cm³/mol. The maximum atomic E-state index is 12.7. The summed E-state index contributed by atoms with van der Waals surface area (Å²) in [5.41, 5.74) is -1.58. The fourth-order valence-electron chi connectivity index (χ4n) is 2.50. The number of carboxylic acid groups (broad SMARTS) is 1. The Kier molecular flexibility index (Phi) is 5.78. The lowest BCUT2D eigenvalue weighted by atomic mass is 10.1. The molecule has 0 unspecified atom stereocenters. The highest BCUT2D eigenvalue weighted by molar-refractivity contribution is 6.01. The minimum atomic E-state index is -4.50. The number of hydrogen-bond donors (Lipinski definition) is 3. The first-order chi connectivity index (χ1) is 12.7. The number of nitrogens with one attached hydrogen (secondary N) is 2. The van der Waals surface area contributed by atoms with Crippen LogP contribution in [-0.2, 0) is 11.0 Å². The topological polar surface area (TPSA) is 117 Å². The molecule has 0 saturated carbocycles. The monoisotopic (exact) mass is 416 g/mol. The molecule has 1 amide bonds. The maximum absolute atomic E-state index is 12.7. The smallest absolute Gasteiger partial charge is 0.416 e. The highest BCUT2D eigenvalue weighted by Gasteiger charge is 2.30. The van der Waals surface area contributed by atoms with Crippen molar-refractivity contribution in [1.82, 2.24) is 19.9 Å². The number of hydrogen-bond acceptors (Lipinski definition) is 4. The van der Waals surface area contributed by atoms with Crippen LogP contribution in [-0.4, -0.2) is 38.1 Å². The second kappa shape index (κ2) is 7.72. The molecular weight excluding hydrogens is 405 g/mol. The zero-order valence-electron chi connectivity index (χ0n) is 13.8. The van der Waals surface area contributed by atoms with E-state index in [1.54, 1.807) is 0 Å². The Morgan fingerprint density at radius 2 is 1.86 bits per heavy atom. The molecule has 0 aliphatic carbocycles. The molecule has 8 nitrogen and oxygen atoms in total. The van der Waals surface area contributed by atoms with E-state index in [9.17, 15) is 27.6 Å². The number of fused-ring (bicyclic) bond motifs is 1. The van der Waals surface area contributed by atoms with Gasteiger partial charge in [-0.3, -0.25) is 19.5 Å². The molecule has 0 fully saturated rings. The predicted octanol–water partition coefficient (Wildman–Crippen LogP) is 1.94. The Balaban J connectivity index is 0.00000280. The molecule has 28 heavy (non-hydrogen) atoms. The van der Waals surface area contributed by atoms with E-state index in [-0.39, 0.29) is 34.9 Å². The van der Waals surface area contributed by atoms with Gasteiger partial charge in [0.2, 0.25) is 0 Å². The van der Waals surface area contributed by atoms with Gasteiger partial charge in [0.1, 0.15) is 18.4 Å². The van der Waals surface area contributed by atoms with Gasteiger partial charge < -0.3 is 10.4 Å². The molecule has 148 valence electrons. The number of carbonyl (C=O) groups excluding carboxylic acids is 1. The number of carboxylic acids is 1. The number of alkyl halides is 3. The molecule has 3 rings (SSSR count). The summed E-state index contributed by atoms with van der Waals surface area (Å²) in [4.78, 5) is 39.0. The molecule has 2 heterocycles. The lowest BCUT2D eigenvalue weighted by Gasteiger charge is -2.10. The van der Waals surface area contributed by atoms with E-state index >= 15 is 0 Å². The number of benzene rings is 1. The molecule has 0 radical (unpaired) electrons. The first-order valence-electron chi connectivity index (χ1n) is 7.45. The normalized spacial score (nSPS) is 11.1. The quantitative estimate of drug-likeness (QED) is 0.601. The number of nitrogens with zero attached hydrogens (tertiary/aromatic N) is 2. The lowest BCUT2D eigenvalue weighted by molar-refractivity contribution is -0.137. The van der Waals surface area contributed by atoms with Gasteiger partial charge in [-0.25, -0.2) is 9.50 Å². The first-order valence-corrected chi connectivity index (χ1v) is 7.45. The number of rotatable bonds is 4. The second-order valence-electron chi connectivity index (χ2n) is 5.47. The van der Waals surface area contributed by atoms with Crippen molar-refractivity contribution in [2.75, 3.05) is 6.54 Å². The Morgan fingerprint density at radius 3 is 2.43 bits per heavy atom. The number of pyridine rings is 1. The molecule has 2 aromatic heterocycles. The third kappa shape index (κ3) is 3.98. The van der Waals surface area contributed by atoms with Gasteiger partial charge in [-0.1, -0.05) is 12.1 Å². The number of carbonyl (C=O) groups is 2. The van der Waals surface area contributed by atoms with Gasteiger partial charge in [-0.05, 0) is 12.1 Å². The average molecular weight is 417 g/mol. The highest BCUT2D eigenvalue weighted by Crippen LogP contribution is 2.30. The minimum Gasteiger partial charge on any atom is -0.480 e. The summed E-state index contributed by atoms with van der Waals surface area (Å²) in [7, 11) is 0. The van der Waals surface area contributed by atoms with Crippen LogP contribution in [0.15, 0.2) is 41.5 Å². The van der Waals surface area contributed by atoms with E-state index < -0.39 is 35.6 Å². The largest absolute Gasteiger partial charge is 0.480 e. The van der Waals surface area contributed by atoms with Crippen molar-refractivity contribution >= 4 is 29.9 Å². The number of H-pyrrole nitrogens is 1. The minimum absolute atomic E-state index is 0. The zero-order chi connectivity index (χ0) is 19.8. The van der Waals surface area contributed by atoms with Gasteiger partial charge in [0.15, 0.2) is 11.1 Å². The van der Waals surface area contributed by atoms with E-state index in [2.05, 4.69) is 15.4 Å². The number of amides is 1. The van der Waals surface area contributed by atoms with Crippen LogP contribution in [0.25, 0.3) is 16.9 Å². The molecule has 3 N–H and O–H groups in total. The van der Waals surface area contributed by atoms with Gasteiger partial charge in [0.05, 0.1) is 11.3 Å². The molecule has 12 heteroatoms. The molecule has 1 aromatic carbocycles. The van der Waals surface area contributed by atoms with Crippen LogP contribution in [0.1, 0.15) is 15.9 Å². The molecule has 0 saturated heterocycles. The van der Waals surface area contributed by atoms with Crippen molar-refractivity contribution < 1.29 is 27.9 Å². The van der Waals surface area contributed by atoms with E-state index in [0.717, 1.165) is 18.2 Å². The van der Waals surface area contributed by atoms with Gasteiger partial charge in [0.25, 0.3) is 5.91 Å². The highest BCUT2D eigenvalue weighted by atomic mass is 35.5. The Morgan fingerprint density at radius 1 is 1.21 bits per heavy atom. The van der Waals surface area contributed by atoms with Gasteiger partial charge in [-0.15, -0.1) is 12.4 Å². The number of aromatic nitrogens is 3. The van der Waals surface area contributed by atoms with Gasteiger partial charge >= 0.3 is 12.1 Å². The van der Waals surface area contributed by atoms with E-state index in [4.69, 9.17) is 5.11 Å². The number of halogens is 4. The average Bonchev–Trinajstić information content (AvgIpc) is 3.07. The maximum Gasteiger partial charge on any atom is 0.416 e. The zero-order valence-corrected chi connectivity index (χ0v) is 14.6. The van der Waals surface area contributed by atoms with Crippen molar-refractivity contribution in [3.05, 3.63) is 58.0 Å².